The molecule has 164 valence electrons. The van der Waals surface area contributed by atoms with Crippen LogP contribution in [-0.2, 0) is 14.8 Å². The topological polar surface area (TPSA) is 111 Å². The Morgan fingerprint density at radius 1 is 1.13 bits per heavy atom. The van der Waals surface area contributed by atoms with Crippen LogP contribution in [0.2, 0.25) is 0 Å². The second-order valence-corrected chi connectivity index (χ2v) is 10.0. The molecule has 0 fully saturated rings. The lowest BCUT2D eigenvalue weighted by Crippen LogP contribution is -2.22. The van der Waals surface area contributed by atoms with E-state index in [0.717, 1.165) is 22.5 Å². The van der Waals surface area contributed by atoms with Crippen LogP contribution in [0.25, 0.3) is 11.1 Å². The number of nitrogens with zero attached hydrogens (tertiary/aromatic N) is 2. The van der Waals surface area contributed by atoms with Crippen molar-refractivity contribution in [1.82, 2.24) is 9.29 Å². The Labute approximate surface area is 183 Å². The number of ether oxygens (including phenoxy) is 2. The number of benzene rings is 2. The maximum absolute atomic E-state index is 12.3. The smallest absolute Gasteiger partial charge is 0.257 e. The summed E-state index contributed by atoms with van der Waals surface area (Å²) in [6.45, 7) is 1.16. The average molecular weight is 464 g/mol. The van der Waals surface area contributed by atoms with Crippen LogP contribution in [0.5, 0.6) is 11.5 Å². The van der Waals surface area contributed by atoms with Crippen LogP contribution >= 0.6 is 11.8 Å². The Kier molecular flexibility index (Phi) is 6.08. The molecule has 0 atom stereocenters. The highest BCUT2D eigenvalue weighted by atomic mass is 32.2. The lowest BCUT2D eigenvalue weighted by molar-refractivity contribution is -0.113. The lowest BCUT2D eigenvalue weighted by atomic mass is 10.2. The zero-order valence-corrected chi connectivity index (χ0v) is 18.6. The molecule has 11 heteroatoms. The van der Waals surface area contributed by atoms with Crippen LogP contribution in [0.4, 0.5) is 5.69 Å². The first-order valence-electron chi connectivity index (χ1n) is 9.48. The minimum atomic E-state index is -3.57. The van der Waals surface area contributed by atoms with Crippen molar-refractivity contribution in [3.8, 4) is 11.5 Å². The van der Waals surface area contributed by atoms with E-state index in [1.54, 1.807) is 24.3 Å². The summed E-state index contributed by atoms with van der Waals surface area (Å²) in [5, 5.41) is 3.09. The van der Waals surface area contributed by atoms with E-state index in [4.69, 9.17) is 13.9 Å². The van der Waals surface area contributed by atoms with E-state index in [-0.39, 0.29) is 21.8 Å². The van der Waals surface area contributed by atoms with Gasteiger partial charge in [-0.25, -0.2) is 17.7 Å². The van der Waals surface area contributed by atoms with Crippen LogP contribution in [0.3, 0.4) is 0 Å². The SMILES string of the molecule is CN(C)S(=O)(=O)c1ccc2oc(SCC(=O)Nc3ccc4c(c3)OCCCO4)nc2c1. The molecule has 1 aliphatic heterocycles. The van der Waals surface area contributed by atoms with Crippen LogP contribution in [0, 0.1) is 0 Å². The van der Waals surface area contributed by atoms with Gasteiger partial charge in [-0.05, 0) is 30.3 Å². The van der Waals surface area contributed by atoms with Gasteiger partial charge in [0.25, 0.3) is 5.22 Å². The summed E-state index contributed by atoms with van der Waals surface area (Å²) in [6, 6.07) is 9.73. The Morgan fingerprint density at radius 3 is 2.68 bits per heavy atom. The van der Waals surface area contributed by atoms with E-state index in [0.29, 0.717) is 41.5 Å². The normalized spacial score (nSPS) is 13.9. The number of nitrogens with one attached hydrogen (secondary N) is 1. The molecule has 31 heavy (non-hydrogen) atoms. The molecule has 0 unspecified atom stereocenters. The molecule has 4 rings (SSSR count). The van der Waals surface area contributed by atoms with Crippen LogP contribution < -0.4 is 14.8 Å². The van der Waals surface area contributed by atoms with Crippen molar-refractivity contribution in [2.75, 3.05) is 38.4 Å². The van der Waals surface area contributed by atoms with E-state index >= 15 is 0 Å². The number of hydrogen-bond acceptors (Lipinski definition) is 8. The second kappa shape index (κ2) is 8.77. The number of oxazole rings is 1. The molecule has 0 radical (unpaired) electrons. The molecule has 2 heterocycles. The number of amides is 1. The highest BCUT2D eigenvalue weighted by Crippen LogP contribution is 2.32. The van der Waals surface area contributed by atoms with Crippen LogP contribution in [0.15, 0.2) is 50.9 Å². The molecule has 0 saturated carbocycles. The number of sulfonamides is 1. The minimum absolute atomic E-state index is 0.0735. The summed E-state index contributed by atoms with van der Waals surface area (Å²) in [7, 11) is -0.639. The number of fused-ring (bicyclic) bond motifs is 2. The minimum Gasteiger partial charge on any atom is -0.490 e. The van der Waals surface area contributed by atoms with Crippen molar-refractivity contribution >= 4 is 44.5 Å². The van der Waals surface area contributed by atoms with Gasteiger partial charge in [0.05, 0.1) is 23.9 Å². The second-order valence-electron chi connectivity index (χ2n) is 6.95. The van der Waals surface area contributed by atoms with Gasteiger partial charge in [0, 0.05) is 32.3 Å². The van der Waals surface area contributed by atoms with Gasteiger partial charge >= 0.3 is 0 Å². The van der Waals surface area contributed by atoms with Crippen molar-refractivity contribution < 1.29 is 27.1 Å². The summed E-state index contributed by atoms with van der Waals surface area (Å²) >= 11 is 1.12. The number of hydrogen-bond donors (Lipinski definition) is 1. The van der Waals surface area contributed by atoms with E-state index in [2.05, 4.69) is 10.3 Å². The maximum atomic E-state index is 12.3. The van der Waals surface area contributed by atoms with E-state index < -0.39 is 10.0 Å². The predicted octanol–water partition coefficient (Wildman–Crippen LogP) is 2.97. The van der Waals surface area contributed by atoms with Gasteiger partial charge in [0.15, 0.2) is 17.1 Å². The fraction of sp³-hybridized carbons (Fsp3) is 0.300. The Hall–Kier alpha value is -2.76. The number of anilines is 1. The molecule has 0 aliphatic carbocycles. The van der Waals surface area contributed by atoms with Crippen molar-refractivity contribution in [3.63, 3.8) is 0 Å². The van der Waals surface area contributed by atoms with E-state index in [1.807, 2.05) is 0 Å². The molecule has 1 N–H and O–H groups in total. The quantitative estimate of drug-likeness (QED) is 0.556. The largest absolute Gasteiger partial charge is 0.490 e. The van der Waals surface area contributed by atoms with Gasteiger partial charge in [-0.15, -0.1) is 0 Å². The molecule has 9 nitrogen and oxygen atoms in total. The third-order valence-corrected chi connectivity index (χ3v) is 7.12. The van der Waals surface area contributed by atoms with Crippen molar-refractivity contribution in [3.05, 3.63) is 36.4 Å². The van der Waals surface area contributed by atoms with Crippen LogP contribution in [-0.4, -0.2) is 56.7 Å². The van der Waals surface area contributed by atoms with Gasteiger partial charge in [-0.2, -0.15) is 0 Å². The van der Waals surface area contributed by atoms with E-state index in [1.165, 1.54) is 26.2 Å². The van der Waals surface area contributed by atoms with Crippen molar-refractivity contribution in [2.45, 2.75) is 16.5 Å². The number of aromatic nitrogens is 1. The summed E-state index contributed by atoms with van der Waals surface area (Å²) in [5.74, 6) is 1.10. The van der Waals surface area contributed by atoms with Gasteiger partial charge < -0.3 is 19.2 Å². The molecule has 2 aromatic carbocycles. The monoisotopic (exact) mass is 463 g/mol. The molecular formula is C20H21N3O6S2. The van der Waals surface area contributed by atoms with Gasteiger partial charge in [0.2, 0.25) is 15.9 Å². The first-order chi connectivity index (χ1) is 14.8. The molecule has 0 saturated heterocycles. The summed E-state index contributed by atoms with van der Waals surface area (Å²) < 4.78 is 42.5. The molecule has 3 aromatic rings. The zero-order valence-electron chi connectivity index (χ0n) is 17.0. The Bertz CT molecular complexity index is 1220. The number of carbonyl (C=O) groups excluding carboxylic acids is 1. The van der Waals surface area contributed by atoms with Crippen molar-refractivity contribution in [1.29, 1.82) is 0 Å². The fourth-order valence-corrected chi connectivity index (χ4v) is 4.45. The number of carbonyl (C=O) groups is 1. The summed E-state index contributed by atoms with van der Waals surface area (Å²) in [5.41, 5.74) is 1.46. The van der Waals surface area contributed by atoms with Gasteiger partial charge in [0.1, 0.15) is 5.52 Å². The average Bonchev–Trinajstić information content (AvgIpc) is 3.00. The third kappa shape index (κ3) is 4.78. The first kappa shape index (κ1) is 21.5. The molecule has 1 amide bonds. The molecule has 1 aliphatic rings. The molecular weight excluding hydrogens is 442 g/mol. The third-order valence-electron chi connectivity index (χ3n) is 4.48. The Morgan fingerprint density at radius 2 is 1.90 bits per heavy atom. The molecule has 0 spiro atoms. The maximum Gasteiger partial charge on any atom is 0.257 e. The van der Waals surface area contributed by atoms with Gasteiger partial charge in [-0.1, -0.05) is 11.8 Å². The molecule has 0 bridgehead atoms. The van der Waals surface area contributed by atoms with Crippen LogP contribution in [0.1, 0.15) is 6.42 Å². The highest BCUT2D eigenvalue weighted by molar-refractivity contribution is 7.99. The van der Waals surface area contributed by atoms with E-state index in [9.17, 15) is 13.2 Å². The number of rotatable bonds is 6. The zero-order chi connectivity index (χ0) is 22.0. The Balaban J connectivity index is 1.41. The van der Waals surface area contributed by atoms with Gasteiger partial charge in [-0.3, -0.25) is 4.79 Å². The standard InChI is InChI=1S/C20H21N3O6S2/c1-23(2)31(25,26)14-5-7-16-15(11-14)22-20(29-16)30-12-19(24)21-13-4-6-17-18(10-13)28-9-3-8-27-17/h4-7,10-11H,3,8-9,12H2,1-2H3,(H,21,24). The summed E-state index contributed by atoms with van der Waals surface area (Å²) in [6.07, 6.45) is 0.806. The summed E-state index contributed by atoms with van der Waals surface area (Å²) in [4.78, 5) is 16.8. The number of thioether (sulfide) groups is 1. The lowest BCUT2D eigenvalue weighted by Gasteiger charge is -2.10. The highest BCUT2D eigenvalue weighted by Gasteiger charge is 2.19. The van der Waals surface area contributed by atoms with Crippen molar-refractivity contribution in [2.24, 2.45) is 0 Å². The predicted molar refractivity (Wildman–Crippen MR) is 116 cm³/mol. The molecule has 1 aromatic heterocycles. The first-order valence-corrected chi connectivity index (χ1v) is 11.9. The fourth-order valence-electron chi connectivity index (χ4n) is 2.88.